The molecule has 0 aliphatic rings. The van der Waals surface area contributed by atoms with Gasteiger partial charge in [-0.2, -0.15) is 0 Å². The van der Waals surface area contributed by atoms with Gasteiger partial charge in [-0.3, -0.25) is 0 Å². The molecule has 108 valence electrons. The first-order valence-electron chi connectivity index (χ1n) is 6.21. The number of aromatic nitrogens is 1. The molecule has 0 fully saturated rings. The molecule has 0 spiro atoms. The third-order valence-corrected chi connectivity index (χ3v) is 4.43. The number of nitrogens with one attached hydrogen (secondary N) is 2. The summed E-state index contributed by atoms with van der Waals surface area (Å²) >= 11 is 0. The molecule has 0 unspecified atom stereocenters. The van der Waals surface area contributed by atoms with Crippen molar-refractivity contribution < 1.29 is 8.42 Å². The average Bonchev–Trinajstić information content (AvgIpc) is 2.38. The number of likely N-dealkylation sites (N-methyl/N-ethyl adjacent to an activating group) is 1. The number of hydrogen-bond acceptors (Lipinski definition) is 5. The van der Waals surface area contributed by atoms with Crippen LogP contribution in [-0.2, 0) is 10.0 Å². The van der Waals surface area contributed by atoms with E-state index >= 15 is 0 Å². The Morgan fingerprint density at radius 1 is 1.42 bits per heavy atom. The van der Waals surface area contributed by atoms with Gasteiger partial charge in [0.15, 0.2) is 0 Å². The Bertz CT molecular complexity index is 502. The zero-order valence-electron chi connectivity index (χ0n) is 11.8. The molecule has 0 aromatic carbocycles. The summed E-state index contributed by atoms with van der Waals surface area (Å²) in [5.74, 6) is 0.354. The molecule has 0 amide bonds. The smallest absolute Gasteiger partial charge is 0.244 e. The van der Waals surface area contributed by atoms with Crippen molar-refractivity contribution in [2.45, 2.75) is 24.8 Å². The molecule has 6 nitrogen and oxygen atoms in total. The number of hydrogen-bond donors (Lipinski definition) is 2. The quantitative estimate of drug-likeness (QED) is 0.773. The molecule has 0 bridgehead atoms. The van der Waals surface area contributed by atoms with Crippen molar-refractivity contribution in [1.29, 1.82) is 0 Å². The summed E-state index contributed by atoms with van der Waals surface area (Å²) in [6.07, 6.45) is 1.55. The largest absolute Gasteiger partial charge is 0.372 e. The van der Waals surface area contributed by atoms with Crippen LogP contribution in [0.4, 0.5) is 5.82 Å². The Hall–Kier alpha value is -1.18. The van der Waals surface area contributed by atoms with E-state index in [-0.39, 0.29) is 4.90 Å². The van der Waals surface area contributed by atoms with Crippen LogP contribution in [0.5, 0.6) is 0 Å². The van der Waals surface area contributed by atoms with Crippen molar-refractivity contribution >= 4 is 15.8 Å². The molecular formula is C12H22N4O2S. The Morgan fingerprint density at radius 3 is 2.68 bits per heavy atom. The van der Waals surface area contributed by atoms with E-state index in [1.165, 1.54) is 6.07 Å². The number of rotatable bonds is 7. The van der Waals surface area contributed by atoms with Gasteiger partial charge in [0, 0.05) is 32.4 Å². The second-order valence-corrected chi connectivity index (χ2v) is 6.31. The van der Waals surface area contributed by atoms with Crippen molar-refractivity contribution in [3.8, 4) is 0 Å². The minimum atomic E-state index is -3.53. The molecule has 19 heavy (non-hydrogen) atoms. The Morgan fingerprint density at radius 2 is 2.11 bits per heavy atom. The van der Waals surface area contributed by atoms with E-state index < -0.39 is 10.0 Å². The van der Waals surface area contributed by atoms with Crippen LogP contribution in [0.3, 0.4) is 0 Å². The molecule has 0 radical (unpaired) electrons. The maximum atomic E-state index is 12.2. The molecule has 0 aliphatic heterocycles. The lowest BCUT2D eigenvalue weighted by Crippen LogP contribution is -2.36. The van der Waals surface area contributed by atoms with Gasteiger partial charge < -0.3 is 10.2 Å². The fraction of sp³-hybridized carbons (Fsp3) is 0.583. The van der Waals surface area contributed by atoms with Crippen LogP contribution in [0.2, 0.25) is 0 Å². The molecule has 2 N–H and O–H groups in total. The molecule has 1 aromatic rings. The summed E-state index contributed by atoms with van der Waals surface area (Å²) in [7, 11) is 0.0810. The number of nitrogens with zero attached hydrogens (tertiary/aromatic N) is 2. The summed E-state index contributed by atoms with van der Waals surface area (Å²) in [5, 5.41) is 2.78. The van der Waals surface area contributed by atoms with Crippen LogP contribution in [0.25, 0.3) is 0 Å². The molecule has 7 heteroatoms. The van der Waals surface area contributed by atoms with E-state index in [0.717, 1.165) is 0 Å². The maximum absolute atomic E-state index is 12.2. The predicted molar refractivity (Wildman–Crippen MR) is 76.7 cm³/mol. The first kappa shape index (κ1) is 15.9. The highest BCUT2D eigenvalue weighted by Gasteiger charge is 2.18. The van der Waals surface area contributed by atoms with Gasteiger partial charge >= 0.3 is 0 Å². The van der Waals surface area contributed by atoms with Crippen LogP contribution in [0.15, 0.2) is 23.2 Å². The molecule has 0 saturated heterocycles. The van der Waals surface area contributed by atoms with E-state index in [9.17, 15) is 8.42 Å². The highest BCUT2D eigenvalue weighted by molar-refractivity contribution is 7.89. The van der Waals surface area contributed by atoms with Gasteiger partial charge in [-0.1, -0.05) is 0 Å². The number of sulfonamides is 1. The molecule has 0 atom stereocenters. The molecule has 0 saturated carbocycles. The second kappa shape index (κ2) is 6.83. The van der Waals surface area contributed by atoms with E-state index in [2.05, 4.69) is 33.8 Å². The first-order valence-corrected chi connectivity index (χ1v) is 7.69. The highest BCUT2D eigenvalue weighted by atomic mass is 32.2. The number of anilines is 1. The van der Waals surface area contributed by atoms with Crippen LogP contribution >= 0.6 is 0 Å². The van der Waals surface area contributed by atoms with Gasteiger partial charge in [0.1, 0.15) is 10.7 Å². The molecule has 1 heterocycles. The van der Waals surface area contributed by atoms with Crippen LogP contribution < -0.4 is 10.0 Å². The first-order chi connectivity index (χ1) is 8.88. The normalized spacial score (nSPS) is 12.1. The highest BCUT2D eigenvalue weighted by Crippen LogP contribution is 2.16. The van der Waals surface area contributed by atoms with E-state index in [0.29, 0.717) is 24.9 Å². The van der Waals surface area contributed by atoms with Gasteiger partial charge in [0.25, 0.3) is 0 Å². The van der Waals surface area contributed by atoms with Crippen LogP contribution in [0, 0.1) is 0 Å². The maximum Gasteiger partial charge on any atom is 0.244 e. The summed E-state index contributed by atoms with van der Waals surface area (Å²) in [6, 6.07) is 3.53. The van der Waals surface area contributed by atoms with E-state index in [1.54, 1.807) is 19.3 Å². The number of pyridine rings is 1. The van der Waals surface area contributed by atoms with Gasteiger partial charge in [-0.25, -0.2) is 18.1 Å². The van der Waals surface area contributed by atoms with Crippen molar-refractivity contribution in [2.24, 2.45) is 0 Å². The second-order valence-electron chi connectivity index (χ2n) is 4.57. The molecule has 0 aliphatic carbocycles. The third kappa shape index (κ3) is 4.45. The fourth-order valence-electron chi connectivity index (χ4n) is 1.49. The Labute approximate surface area is 115 Å². The lowest BCUT2D eigenvalue weighted by molar-refractivity contribution is 0.278. The van der Waals surface area contributed by atoms with Crippen molar-refractivity contribution in [3.63, 3.8) is 0 Å². The minimum absolute atomic E-state index is 0.171. The van der Waals surface area contributed by atoms with Gasteiger partial charge in [0.05, 0.1) is 0 Å². The van der Waals surface area contributed by atoms with Crippen molar-refractivity contribution in [3.05, 3.63) is 18.3 Å². The summed E-state index contributed by atoms with van der Waals surface area (Å²) in [5.41, 5.74) is 0. The van der Waals surface area contributed by atoms with Crippen LogP contribution in [0.1, 0.15) is 13.8 Å². The van der Waals surface area contributed by atoms with Gasteiger partial charge in [-0.15, -0.1) is 0 Å². The average molecular weight is 286 g/mol. The monoisotopic (exact) mass is 286 g/mol. The Kier molecular flexibility index (Phi) is 5.71. The molecule has 1 aromatic heterocycles. The van der Waals surface area contributed by atoms with E-state index in [4.69, 9.17) is 0 Å². The fourth-order valence-corrected chi connectivity index (χ4v) is 2.67. The SMILES string of the molecule is CNc1ncccc1S(=O)(=O)NCCN(C)C(C)C. The lowest BCUT2D eigenvalue weighted by atomic mass is 10.3. The Balaban J connectivity index is 2.71. The summed E-state index contributed by atoms with van der Waals surface area (Å²) < 4.78 is 26.9. The third-order valence-electron chi connectivity index (χ3n) is 2.94. The molecule has 1 rings (SSSR count). The zero-order chi connectivity index (χ0) is 14.5. The minimum Gasteiger partial charge on any atom is -0.372 e. The lowest BCUT2D eigenvalue weighted by Gasteiger charge is -2.21. The summed E-state index contributed by atoms with van der Waals surface area (Å²) in [4.78, 5) is 6.24. The molecular weight excluding hydrogens is 264 g/mol. The van der Waals surface area contributed by atoms with Crippen molar-refractivity contribution in [1.82, 2.24) is 14.6 Å². The predicted octanol–water partition coefficient (Wildman–Crippen LogP) is 0.742. The van der Waals surface area contributed by atoms with E-state index in [1.807, 2.05) is 7.05 Å². The van der Waals surface area contributed by atoms with Crippen LogP contribution in [-0.4, -0.2) is 51.5 Å². The summed E-state index contributed by atoms with van der Waals surface area (Å²) in [6.45, 7) is 5.16. The van der Waals surface area contributed by atoms with Crippen molar-refractivity contribution in [2.75, 3.05) is 32.5 Å². The standard InChI is InChI=1S/C12H22N4O2S/c1-10(2)16(4)9-8-15-19(17,18)11-6-5-7-14-12(11)13-3/h5-7,10,15H,8-9H2,1-4H3,(H,13,14). The van der Waals surface area contributed by atoms with Gasteiger partial charge in [0.2, 0.25) is 10.0 Å². The zero-order valence-corrected chi connectivity index (χ0v) is 12.7. The topological polar surface area (TPSA) is 74.3 Å². The van der Waals surface area contributed by atoms with Gasteiger partial charge in [-0.05, 0) is 33.0 Å².